The van der Waals surface area contributed by atoms with Gasteiger partial charge in [-0.3, -0.25) is 9.78 Å². The number of hydrogen-bond acceptors (Lipinski definition) is 6. The molecule has 26 heavy (non-hydrogen) atoms. The lowest BCUT2D eigenvalue weighted by atomic mass is 10.2. The van der Waals surface area contributed by atoms with Crippen molar-refractivity contribution in [2.24, 2.45) is 0 Å². The van der Waals surface area contributed by atoms with Crippen LogP contribution in [-0.2, 0) is 9.84 Å². The third-order valence-corrected chi connectivity index (χ3v) is 5.13. The summed E-state index contributed by atoms with van der Waals surface area (Å²) in [6.45, 7) is 0.0600. The van der Waals surface area contributed by atoms with Crippen LogP contribution in [0.4, 0.5) is 13.2 Å². The Balaban J connectivity index is 2.33. The summed E-state index contributed by atoms with van der Waals surface area (Å²) in [4.78, 5) is 16.4. The first kappa shape index (κ1) is 19.8. The number of aromatic nitrogens is 3. The minimum absolute atomic E-state index is 0.0370. The molecule has 140 valence electrons. The second-order valence-electron chi connectivity index (χ2n) is 5.33. The van der Waals surface area contributed by atoms with Crippen LogP contribution >= 0.6 is 0 Å². The number of rotatable bonds is 5. The molecule has 0 radical (unpaired) electrons. The standard InChI is InChI=1S/C15H15F3N4O3S/c1-3-26(24,25)12-5-4-8-19-13(12)10-6-7-11(21-20-10)14(23)22(2)9-15(16,17)18/h4-8H,3,9H2,1-2H3. The van der Waals surface area contributed by atoms with Crippen molar-refractivity contribution >= 4 is 15.7 Å². The first-order chi connectivity index (χ1) is 12.0. The Labute approximate surface area is 147 Å². The molecule has 2 rings (SSSR count). The molecular formula is C15H15F3N4O3S. The van der Waals surface area contributed by atoms with Gasteiger partial charge in [0.05, 0.1) is 10.6 Å². The van der Waals surface area contributed by atoms with Gasteiger partial charge in [-0.2, -0.15) is 13.2 Å². The normalized spacial score (nSPS) is 12.0. The highest BCUT2D eigenvalue weighted by atomic mass is 32.2. The summed E-state index contributed by atoms with van der Waals surface area (Å²) in [5, 5.41) is 7.36. The highest BCUT2D eigenvalue weighted by molar-refractivity contribution is 7.91. The zero-order valence-electron chi connectivity index (χ0n) is 13.9. The molecule has 0 unspecified atom stereocenters. The van der Waals surface area contributed by atoms with Gasteiger partial charge in [0.25, 0.3) is 5.91 Å². The largest absolute Gasteiger partial charge is 0.406 e. The van der Waals surface area contributed by atoms with Crippen molar-refractivity contribution in [1.29, 1.82) is 0 Å². The van der Waals surface area contributed by atoms with Gasteiger partial charge in [0.15, 0.2) is 15.5 Å². The molecule has 2 heterocycles. The van der Waals surface area contributed by atoms with Gasteiger partial charge in [0, 0.05) is 13.2 Å². The van der Waals surface area contributed by atoms with Gasteiger partial charge >= 0.3 is 6.18 Å². The molecule has 0 fully saturated rings. The Bertz CT molecular complexity index is 899. The van der Waals surface area contributed by atoms with Gasteiger partial charge in [0.1, 0.15) is 17.9 Å². The van der Waals surface area contributed by atoms with Crippen molar-refractivity contribution in [3.8, 4) is 11.4 Å². The summed E-state index contributed by atoms with van der Waals surface area (Å²) in [7, 11) is -2.57. The number of hydrogen-bond donors (Lipinski definition) is 0. The molecule has 2 aromatic heterocycles. The lowest BCUT2D eigenvalue weighted by molar-refractivity contribution is -0.138. The SMILES string of the molecule is CCS(=O)(=O)c1cccnc1-c1ccc(C(=O)N(C)CC(F)(F)F)nn1. The lowest BCUT2D eigenvalue weighted by Gasteiger charge is -2.18. The van der Waals surface area contributed by atoms with Crippen molar-refractivity contribution < 1.29 is 26.4 Å². The van der Waals surface area contributed by atoms with E-state index in [1.54, 1.807) is 0 Å². The number of sulfone groups is 1. The zero-order chi connectivity index (χ0) is 19.5. The summed E-state index contributed by atoms with van der Waals surface area (Å²) in [5.41, 5.74) is -0.145. The van der Waals surface area contributed by atoms with E-state index in [4.69, 9.17) is 0 Å². The summed E-state index contributed by atoms with van der Waals surface area (Å²) in [6.07, 6.45) is -3.16. The molecule has 0 spiro atoms. The maximum Gasteiger partial charge on any atom is 0.406 e. The molecule has 7 nitrogen and oxygen atoms in total. The number of carbonyl (C=O) groups is 1. The number of alkyl halides is 3. The Hall–Kier alpha value is -2.56. The second-order valence-corrected chi connectivity index (χ2v) is 7.58. The molecule has 0 aromatic carbocycles. The predicted octanol–water partition coefficient (Wildman–Crippen LogP) is 1.97. The van der Waals surface area contributed by atoms with Crippen molar-refractivity contribution in [2.75, 3.05) is 19.3 Å². The molecule has 0 bridgehead atoms. The van der Waals surface area contributed by atoms with E-state index in [9.17, 15) is 26.4 Å². The van der Waals surface area contributed by atoms with Gasteiger partial charge in [-0.15, -0.1) is 10.2 Å². The van der Waals surface area contributed by atoms with Crippen LogP contribution in [0.5, 0.6) is 0 Å². The monoisotopic (exact) mass is 388 g/mol. The third-order valence-electron chi connectivity index (χ3n) is 3.38. The third kappa shape index (κ3) is 4.54. The lowest BCUT2D eigenvalue weighted by Crippen LogP contribution is -2.36. The Kier molecular flexibility index (Phi) is 5.59. The van der Waals surface area contributed by atoms with E-state index in [1.807, 2.05) is 0 Å². The maximum atomic E-state index is 12.4. The van der Waals surface area contributed by atoms with Crippen LogP contribution in [0.25, 0.3) is 11.4 Å². The minimum Gasteiger partial charge on any atom is -0.331 e. The smallest absolute Gasteiger partial charge is 0.331 e. The topological polar surface area (TPSA) is 93.1 Å². The fourth-order valence-electron chi connectivity index (χ4n) is 2.10. The second kappa shape index (κ2) is 7.36. The van der Waals surface area contributed by atoms with Crippen LogP contribution in [0.15, 0.2) is 35.4 Å². The first-order valence-electron chi connectivity index (χ1n) is 7.39. The molecule has 0 N–H and O–H groups in total. The van der Waals surface area contributed by atoms with E-state index in [0.717, 1.165) is 7.05 Å². The van der Waals surface area contributed by atoms with Crippen LogP contribution in [0.3, 0.4) is 0 Å². The maximum absolute atomic E-state index is 12.4. The average molecular weight is 388 g/mol. The van der Waals surface area contributed by atoms with E-state index in [-0.39, 0.29) is 27.7 Å². The number of nitrogens with zero attached hydrogens (tertiary/aromatic N) is 4. The molecule has 0 atom stereocenters. The van der Waals surface area contributed by atoms with E-state index >= 15 is 0 Å². The van der Waals surface area contributed by atoms with Crippen LogP contribution in [0, 0.1) is 0 Å². The van der Waals surface area contributed by atoms with Gasteiger partial charge in [0.2, 0.25) is 0 Å². The van der Waals surface area contributed by atoms with Gasteiger partial charge < -0.3 is 4.90 Å². The predicted molar refractivity (Wildman–Crippen MR) is 86.0 cm³/mol. The molecule has 0 aliphatic rings. The van der Waals surface area contributed by atoms with E-state index in [1.165, 1.54) is 37.4 Å². The fraction of sp³-hybridized carbons (Fsp3) is 0.333. The first-order valence-corrected chi connectivity index (χ1v) is 9.04. The molecule has 2 aromatic rings. The minimum atomic E-state index is -4.53. The van der Waals surface area contributed by atoms with Crippen molar-refractivity contribution in [1.82, 2.24) is 20.1 Å². The highest BCUT2D eigenvalue weighted by Gasteiger charge is 2.32. The summed E-state index contributed by atoms with van der Waals surface area (Å²) < 4.78 is 61.4. The van der Waals surface area contributed by atoms with Gasteiger partial charge in [-0.05, 0) is 24.3 Å². The number of pyridine rings is 1. The summed E-state index contributed by atoms with van der Waals surface area (Å²) in [6, 6.07) is 5.30. The van der Waals surface area contributed by atoms with Gasteiger partial charge in [-0.25, -0.2) is 8.42 Å². The number of halogens is 3. The van der Waals surface area contributed by atoms with Crippen molar-refractivity contribution in [3.63, 3.8) is 0 Å². The van der Waals surface area contributed by atoms with Crippen molar-refractivity contribution in [3.05, 3.63) is 36.2 Å². The molecule has 0 saturated heterocycles. The zero-order valence-corrected chi connectivity index (χ0v) is 14.7. The molecule has 0 saturated carbocycles. The van der Waals surface area contributed by atoms with E-state index in [0.29, 0.717) is 4.90 Å². The van der Waals surface area contributed by atoms with E-state index < -0.39 is 28.5 Å². The molecule has 11 heteroatoms. The highest BCUT2D eigenvalue weighted by Crippen LogP contribution is 2.24. The van der Waals surface area contributed by atoms with Crippen molar-refractivity contribution in [2.45, 2.75) is 18.0 Å². The fourth-order valence-corrected chi connectivity index (χ4v) is 3.15. The number of amides is 1. The molecule has 1 amide bonds. The molecular weight excluding hydrogens is 373 g/mol. The summed E-state index contributed by atoms with van der Waals surface area (Å²) in [5.74, 6) is -1.10. The number of carbonyl (C=O) groups excluding carboxylic acids is 1. The van der Waals surface area contributed by atoms with Gasteiger partial charge in [-0.1, -0.05) is 6.92 Å². The Morgan fingerprint density at radius 1 is 1.19 bits per heavy atom. The van der Waals surface area contributed by atoms with E-state index in [2.05, 4.69) is 15.2 Å². The average Bonchev–Trinajstić information content (AvgIpc) is 2.60. The van der Waals surface area contributed by atoms with Crippen LogP contribution < -0.4 is 0 Å². The summed E-state index contributed by atoms with van der Waals surface area (Å²) >= 11 is 0. The Morgan fingerprint density at radius 3 is 2.42 bits per heavy atom. The quantitative estimate of drug-likeness (QED) is 0.778. The van der Waals surface area contributed by atoms with Crippen LogP contribution in [0.1, 0.15) is 17.4 Å². The van der Waals surface area contributed by atoms with Crippen LogP contribution in [-0.4, -0.2) is 59.9 Å². The molecule has 0 aliphatic heterocycles. The Morgan fingerprint density at radius 2 is 1.88 bits per heavy atom. The van der Waals surface area contributed by atoms with Crippen LogP contribution in [0.2, 0.25) is 0 Å². The molecule has 0 aliphatic carbocycles.